The van der Waals surface area contributed by atoms with Crippen LogP contribution in [0.25, 0.3) is 0 Å². The largest absolute Gasteiger partial charge is 0.465 e. The fourth-order valence-corrected chi connectivity index (χ4v) is 13.0. The fourth-order valence-electron chi connectivity index (χ4n) is 13.0. The predicted molar refractivity (Wildman–Crippen MR) is 164 cm³/mol. The van der Waals surface area contributed by atoms with Crippen LogP contribution in [-0.4, -0.2) is 18.6 Å². The van der Waals surface area contributed by atoms with Crippen molar-refractivity contribution in [3.8, 4) is 0 Å². The van der Waals surface area contributed by atoms with E-state index in [1.165, 1.54) is 76.9 Å². The molecule has 2 N–H and O–H groups in total. The van der Waals surface area contributed by atoms with Crippen molar-refractivity contribution >= 4 is 5.97 Å². The molecule has 0 aromatic heterocycles. The Morgan fingerprint density at radius 1 is 0.825 bits per heavy atom. The Morgan fingerprint density at radius 3 is 2.17 bits per heavy atom. The molecule has 0 bridgehead atoms. The minimum atomic E-state index is -0.246. The highest BCUT2D eigenvalue weighted by Crippen LogP contribution is 2.77. The van der Waals surface area contributed by atoms with Crippen LogP contribution in [0, 0.1) is 57.2 Å². The Morgan fingerprint density at radius 2 is 1.52 bits per heavy atom. The first-order valence-corrected chi connectivity index (χ1v) is 16.7. The highest BCUT2D eigenvalue weighted by atomic mass is 16.5. The maximum atomic E-state index is 12.0. The van der Waals surface area contributed by atoms with Gasteiger partial charge < -0.3 is 10.5 Å². The van der Waals surface area contributed by atoms with Crippen molar-refractivity contribution in [3.63, 3.8) is 0 Å². The first-order chi connectivity index (χ1) is 18.7. The molecule has 5 saturated carbocycles. The summed E-state index contributed by atoms with van der Waals surface area (Å²) < 4.78 is 4.95. The van der Waals surface area contributed by atoms with Gasteiger partial charge in [0.2, 0.25) is 0 Å². The summed E-state index contributed by atoms with van der Waals surface area (Å²) in [6.45, 7) is 18.3. The van der Waals surface area contributed by atoms with Gasteiger partial charge in [0.25, 0.3) is 0 Å². The normalized spacial score (nSPS) is 47.5. The molecule has 0 unspecified atom stereocenters. The Kier molecular flexibility index (Phi) is 6.70. The molecule has 10 atom stereocenters. The first kappa shape index (κ1) is 28.8. The van der Waals surface area contributed by atoms with Crippen LogP contribution in [-0.2, 0) is 4.74 Å². The number of hydrogen-bond acceptors (Lipinski definition) is 3. The van der Waals surface area contributed by atoms with E-state index in [4.69, 9.17) is 10.5 Å². The van der Waals surface area contributed by atoms with E-state index in [0.717, 1.165) is 35.5 Å². The highest BCUT2D eigenvalue weighted by Gasteiger charge is 2.70. The zero-order chi connectivity index (χ0) is 28.9. The number of benzene rings is 1. The number of carbonyl (C=O) groups excluding carboxylic acids is 1. The molecule has 3 heteroatoms. The lowest BCUT2D eigenvalue weighted by Gasteiger charge is -2.73. The quantitative estimate of drug-likeness (QED) is 0.384. The van der Waals surface area contributed by atoms with Gasteiger partial charge in [0.1, 0.15) is 0 Å². The molecule has 0 saturated heterocycles. The third-order valence-corrected chi connectivity index (χ3v) is 15.2. The topological polar surface area (TPSA) is 52.3 Å². The molecular formula is C37H57NO2. The lowest BCUT2D eigenvalue weighted by atomic mass is 9.32. The van der Waals surface area contributed by atoms with E-state index in [9.17, 15) is 4.79 Å². The summed E-state index contributed by atoms with van der Waals surface area (Å²) in [6.07, 6.45) is 13.3. The number of carbonyl (C=O) groups is 1. The molecule has 0 spiro atoms. The van der Waals surface area contributed by atoms with Crippen molar-refractivity contribution in [2.45, 2.75) is 124 Å². The lowest BCUT2D eigenvalue weighted by molar-refractivity contribution is -0.233. The van der Waals surface area contributed by atoms with Crippen molar-refractivity contribution in [2.24, 2.45) is 62.9 Å². The number of fused-ring (bicyclic) bond motifs is 7. The average Bonchev–Trinajstić information content (AvgIpc) is 3.26. The van der Waals surface area contributed by atoms with Crippen molar-refractivity contribution in [1.29, 1.82) is 0 Å². The summed E-state index contributed by atoms with van der Waals surface area (Å²) >= 11 is 0. The van der Waals surface area contributed by atoms with E-state index >= 15 is 0 Å². The average molecular weight is 548 g/mol. The highest BCUT2D eigenvalue weighted by molar-refractivity contribution is 5.89. The SMILES string of the molecule is COC(=O)c1ccc([C@@H]2CC[C@]3(C)[C@H]4CC[C@@H]5[C@H]6[C@H](C(C)C)CC[C@]6(N)CC[C@@]5(C)[C@]4(C)CC[C@H]3C2(C)C)cc1. The van der Waals surface area contributed by atoms with Crippen molar-refractivity contribution in [1.82, 2.24) is 0 Å². The van der Waals surface area contributed by atoms with Gasteiger partial charge in [-0.1, -0.05) is 60.6 Å². The number of hydrogen-bond donors (Lipinski definition) is 1. The molecule has 0 heterocycles. The molecule has 5 fully saturated rings. The van der Waals surface area contributed by atoms with Crippen LogP contribution >= 0.6 is 0 Å². The van der Waals surface area contributed by atoms with Crippen molar-refractivity contribution in [3.05, 3.63) is 35.4 Å². The summed E-state index contributed by atoms with van der Waals surface area (Å²) in [4.78, 5) is 12.0. The summed E-state index contributed by atoms with van der Waals surface area (Å²) in [7, 11) is 1.46. The van der Waals surface area contributed by atoms with Crippen LogP contribution in [0.15, 0.2) is 24.3 Å². The van der Waals surface area contributed by atoms with Gasteiger partial charge >= 0.3 is 5.97 Å². The molecule has 1 aromatic rings. The molecular weight excluding hydrogens is 490 g/mol. The van der Waals surface area contributed by atoms with Gasteiger partial charge in [0, 0.05) is 5.54 Å². The van der Waals surface area contributed by atoms with Gasteiger partial charge in [-0.2, -0.15) is 0 Å². The molecule has 222 valence electrons. The molecule has 0 aliphatic heterocycles. The summed E-state index contributed by atoms with van der Waals surface area (Å²) in [5, 5.41) is 0. The van der Waals surface area contributed by atoms with Crippen molar-refractivity contribution < 1.29 is 9.53 Å². The van der Waals surface area contributed by atoms with Crippen LogP contribution in [0.5, 0.6) is 0 Å². The molecule has 40 heavy (non-hydrogen) atoms. The monoisotopic (exact) mass is 547 g/mol. The Labute approximate surface area is 244 Å². The van der Waals surface area contributed by atoms with Gasteiger partial charge in [-0.25, -0.2) is 4.79 Å². The molecule has 6 rings (SSSR count). The van der Waals surface area contributed by atoms with Gasteiger partial charge in [-0.05, 0) is 145 Å². The number of esters is 1. The number of nitrogens with two attached hydrogens (primary N) is 1. The fraction of sp³-hybridized carbons (Fsp3) is 0.811. The smallest absolute Gasteiger partial charge is 0.337 e. The minimum Gasteiger partial charge on any atom is -0.465 e. The summed E-state index contributed by atoms with van der Waals surface area (Å²) in [6, 6.07) is 8.35. The van der Waals surface area contributed by atoms with Crippen LogP contribution in [0.3, 0.4) is 0 Å². The second kappa shape index (κ2) is 9.32. The first-order valence-electron chi connectivity index (χ1n) is 16.7. The van der Waals surface area contributed by atoms with Crippen LogP contribution in [0.4, 0.5) is 0 Å². The van der Waals surface area contributed by atoms with E-state index in [-0.39, 0.29) is 16.9 Å². The number of ether oxygens (including phenoxy) is 1. The van der Waals surface area contributed by atoms with Gasteiger partial charge in [-0.3, -0.25) is 0 Å². The van der Waals surface area contributed by atoms with E-state index in [1.807, 2.05) is 12.1 Å². The van der Waals surface area contributed by atoms with Crippen LogP contribution < -0.4 is 5.73 Å². The molecule has 0 amide bonds. The molecule has 0 radical (unpaired) electrons. The molecule has 5 aliphatic rings. The molecule has 1 aromatic carbocycles. The van der Waals surface area contributed by atoms with Crippen LogP contribution in [0.2, 0.25) is 0 Å². The van der Waals surface area contributed by atoms with Gasteiger partial charge in [0.05, 0.1) is 12.7 Å². The van der Waals surface area contributed by atoms with Gasteiger partial charge in [-0.15, -0.1) is 0 Å². The Hall–Kier alpha value is -1.35. The maximum Gasteiger partial charge on any atom is 0.337 e. The van der Waals surface area contributed by atoms with E-state index in [2.05, 4.69) is 60.6 Å². The molecule has 5 aliphatic carbocycles. The third-order valence-electron chi connectivity index (χ3n) is 15.2. The molecule has 3 nitrogen and oxygen atoms in total. The summed E-state index contributed by atoms with van der Waals surface area (Å²) in [5.41, 5.74) is 10.9. The zero-order valence-corrected chi connectivity index (χ0v) is 26.8. The van der Waals surface area contributed by atoms with Gasteiger partial charge in [0.15, 0.2) is 0 Å². The standard InChI is InChI=1S/C37H57NO2/c1-23(2)26-15-20-37(38)22-21-35(6)28(31(26)37)13-14-30-34(5)18-16-27(24-9-11-25(12-10-24)32(39)40-8)33(3,4)29(34)17-19-36(30,35)7/h9-12,23,26-31H,13-22,38H2,1-8H3/t26-,27-,28+,29-,30+,31+,34-,35+,36+,37-/m0/s1. The second-order valence-corrected chi connectivity index (χ2v) is 16.9. The number of rotatable bonds is 3. The minimum absolute atomic E-state index is 0.0902. The third kappa shape index (κ3) is 3.74. The second-order valence-electron chi connectivity index (χ2n) is 16.9. The maximum absolute atomic E-state index is 12.0. The Balaban J connectivity index is 1.30. The number of methoxy groups -OCH3 is 1. The Bertz CT molecular complexity index is 1140. The summed E-state index contributed by atoms with van der Waals surface area (Å²) in [5.74, 6) is 4.87. The van der Waals surface area contributed by atoms with E-state index in [1.54, 1.807) is 0 Å². The van der Waals surface area contributed by atoms with Crippen LogP contribution in [0.1, 0.15) is 135 Å². The predicted octanol–water partition coefficient (Wildman–Crippen LogP) is 9.01. The van der Waals surface area contributed by atoms with Crippen molar-refractivity contribution in [2.75, 3.05) is 7.11 Å². The zero-order valence-electron chi connectivity index (χ0n) is 26.8. The lowest BCUT2D eigenvalue weighted by Crippen LogP contribution is -2.68. The van der Waals surface area contributed by atoms with E-state index < -0.39 is 0 Å². The van der Waals surface area contributed by atoms with E-state index in [0.29, 0.717) is 27.7 Å².